The third-order valence-electron chi connectivity index (χ3n) is 3.37. The van der Waals surface area contributed by atoms with Gasteiger partial charge in [0.1, 0.15) is 5.56 Å². The second-order valence-corrected chi connectivity index (χ2v) is 5.78. The van der Waals surface area contributed by atoms with Gasteiger partial charge in [0.25, 0.3) is 11.5 Å². The summed E-state index contributed by atoms with van der Waals surface area (Å²) in [5.74, 6) is -0.294. The van der Waals surface area contributed by atoms with E-state index in [4.69, 9.17) is 9.57 Å². The molecule has 1 fully saturated rings. The molecular formula is C13H15N3O4S. The Labute approximate surface area is 124 Å². The van der Waals surface area contributed by atoms with Gasteiger partial charge in [0.15, 0.2) is 4.96 Å². The van der Waals surface area contributed by atoms with E-state index in [9.17, 15) is 9.59 Å². The zero-order valence-electron chi connectivity index (χ0n) is 11.5. The lowest BCUT2D eigenvalue weighted by Crippen LogP contribution is -2.33. The van der Waals surface area contributed by atoms with Gasteiger partial charge in [0.2, 0.25) is 0 Å². The third kappa shape index (κ3) is 2.82. The van der Waals surface area contributed by atoms with Gasteiger partial charge in [-0.15, -0.1) is 11.3 Å². The molecule has 2 aromatic rings. The van der Waals surface area contributed by atoms with Gasteiger partial charge < -0.3 is 4.74 Å². The van der Waals surface area contributed by atoms with Crippen molar-refractivity contribution >= 4 is 22.2 Å². The van der Waals surface area contributed by atoms with E-state index in [1.807, 2.05) is 5.38 Å². The molecule has 2 aromatic heterocycles. The van der Waals surface area contributed by atoms with Crippen LogP contribution in [0.1, 0.15) is 22.5 Å². The van der Waals surface area contributed by atoms with Gasteiger partial charge in [-0.2, -0.15) is 0 Å². The molecule has 0 bridgehead atoms. The quantitative estimate of drug-likeness (QED) is 0.843. The minimum absolute atomic E-state index is 0.0309. The van der Waals surface area contributed by atoms with Crippen LogP contribution in [0.4, 0.5) is 0 Å². The number of fused-ring (bicyclic) bond motifs is 1. The highest BCUT2D eigenvalue weighted by atomic mass is 32.1. The molecule has 7 nitrogen and oxygen atoms in total. The predicted molar refractivity (Wildman–Crippen MR) is 76.4 cm³/mol. The first-order valence-corrected chi connectivity index (χ1v) is 7.50. The molecular weight excluding hydrogens is 294 g/mol. The molecule has 112 valence electrons. The molecule has 0 aliphatic carbocycles. The lowest BCUT2D eigenvalue weighted by Gasteiger charge is -2.09. The molecule has 3 heterocycles. The number of ether oxygens (including phenoxy) is 1. The number of carbonyl (C=O) groups is 1. The number of aromatic nitrogens is 2. The normalized spacial score (nSPS) is 18.2. The van der Waals surface area contributed by atoms with Crippen molar-refractivity contribution in [2.24, 2.45) is 5.92 Å². The lowest BCUT2D eigenvalue weighted by atomic mass is 10.1. The fourth-order valence-corrected chi connectivity index (χ4v) is 3.00. The van der Waals surface area contributed by atoms with Crippen LogP contribution in [-0.4, -0.2) is 35.1 Å². The van der Waals surface area contributed by atoms with Crippen LogP contribution in [0.2, 0.25) is 0 Å². The van der Waals surface area contributed by atoms with Gasteiger partial charge in [-0.25, -0.2) is 10.5 Å². The first-order chi connectivity index (χ1) is 10.2. The Hall–Kier alpha value is -1.77. The van der Waals surface area contributed by atoms with Gasteiger partial charge in [-0.05, 0) is 13.3 Å². The minimum atomic E-state index is -0.577. The standard InChI is InChI=1S/C13H15N3O4S/c1-8-7-21-13-14-4-10(12(18)16(8)13)11(17)15-20-6-9-2-3-19-5-9/h4,7,9H,2-3,5-6H2,1H3,(H,15,17). The van der Waals surface area contributed by atoms with Crippen LogP contribution in [0, 0.1) is 12.8 Å². The zero-order valence-corrected chi connectivity index (χ0v) is 12.3. The summed E-state index contributed by atoms with van der Waals surface area (Å²) in [6.07, 6.45) is 2.20. The smallest absolute Gasteiger partial charge is 0.282 e. The number of nitrogens with zero attached hydrogens (tertiary/aromatic N) is 2. The van der Waals surface area contributed by atoms with E-state index in [1.165, 1.54) is 21.9 Å². The van der Waals surface area contributed by atoms with E-state index in [-0.39, 0.29) is 17.0 Å². The topological polar surface area (TPSA) is 81.9 Å². The third-order valence-corrected chi connectivity index (χ3v) is 4.33. The van der Waals surface area contributed by atoms with E-state index in [0.717, 1.165) is 18.7 Å². The summed E-state index contributed by atoms with van der Waals surface area (Å²) in [5, 5.41) is 1.82. The maximum atomic E-state index is 12.3. The number of nitrogens with one attached hydrogen (secondary N) is 1. The molecule has 0 saturated carbocycles. The number of hydroxylamine groups is 1. The molecule has 0 aromatic carbocycles. The molecule has 21 heavy (non-hydrogen) atoms. The molecule has 0 radical (unpaired) electrons. The average Bonchev–Trinajstić information content (AvgIpc) is 3.09. The zero-order chi connectivity index (χ0) is 14.8. The highest BCUT2D eigenvalue weighted by molar-refractivity contribution is 7.15. The van der Waals surface area contributed by atoms with Crippen LogP contribution in [-0.2, 0) is 9.57 Å². The molecule has 1 unspecified atom stereocenters. The van der Waals surface area contributed by atoms with Gasteiger partial charge in [0, 0.05) is 29.8 Å². The Bertz CT molecular complexity index is 718. The Morgan fingerprint density at radius 1 is 1.67 bits per heavy atom. The maximum Gasteiger partial charge on any atom is 0.282 e. The molecule has 1 N–H and O–H groups in total. The summed E-state index contributed by atoms with van der Waals surface area (Å²) in [6, 6.07) is 0. The first-order valence-electron chi connectivity index (χ1n) is 6.62. The first kappa shape index (κ1) is 14.2. The van der Waals surface area contributed by atoms with Crippen LogP contribution in [0.5, 0.6) is 0 Å². The highest BCUT2D eigenvalue weighted by Gasteiger charge is 2.18. The van der Waals surface area contributed by atoms with Gasteiger partial charge in [0.05, 0.1) is 13.2 Å². The van der Waals surface area contributed by atoms with E-state index in [1.54, 1.807) is 6.92 Å². The number of carbonyl (C=O) groups excluding carboxylic acids is 1. The summed E-state index contributed by atoms with van der Waals surface area (Å²) in [5.41, 5.74) is 2.64. The van der Waals surface area contributed by atoms with Crippen molar-refractivity contribution in [3.05, 3.63) is 33.2 Å². The number of aryl methyl sites for hydroxylation is 1. The molecule has 3 rings (SSSR count). The second-order valence-electron chi connectivity index (χ2n) is 4.94. The molecule has 1 saturated heterocycles. The second kappa shape index (κ2) is 5.92. The fraction of sp³-hybridized carbons (Fsp3) is 0.462. The van der Waals surface area contributed by atoms with Crippen LogP contribution in [0.3, 0.4) is 0 Å². The van der Waals surface area contributed by atoms with Crippen LogP contribution < -0.4 is 11.0 Å². The number of rotatable bonds is 4. The SMILES string of the molecule is Cc1csc2ncc(C(=O)NOCC3CCOC3)c(=O)n12. The maximum absolute atomic E-state index is 12.3. The molecule has 1 atom stereocenters. The summed E-state index contributed by atoms with van der Waals surface area (Å²) in [4.78, 5) is 34.1. The molecule has 1 aliphatic rings. The largest absolute Gasteiger partial charge is 0.381 e. The van der Waals surface area contributed by atoms with Crippen LogP contribution in [0.15, 0.2) is 16.4 Å². The van der Waals surface area contributed by atoms with Crippen molar-refractivity contribution in [2.45, 2.75) is 13.3 Å². The number of hydrogen-bond donors (Lipinski definition) is 1. The van der Waals surface area contributed by atoms with Crippen molar-refractivity contribution in [1.82, 2.24) is 14.9 Å². The Balaban J connectivity index is 1.70. The van der Waals surface area contributed by atoms with E-state index >= 15 is 0 Å². The predicted octanol–water partition coefficient (Wildman–Crippen LogP) is 0.762. The van der Waals surface area contributed by atoms with Gasteiger partial charge >= 0.3 is 0 Å². The summed E-state index contributed by atoms with van der Waals surface area (Å²) in [7, 11) is 0. The van der Waals surface area contributed by atoms with Crippen molar-refractivity contribution < 1.29 is 14.4 Å². The Morgan fingerprint density at radius 3 is 3.29 bits per heavy atom. The summed E-state index contributed by atoms with van der Waals surface area (Å²) < 4.78 is 6.64. The van der Waals surface area contributed by atoms with Crippen molar-refractivity contribution in [3.8, 4) is 0 Å². The summed E-state index contributed by atoms with van der Waals surface area (Å²) >= 11 is 1.36. The minimum Gasteiger partial charge on any atom is -0.381 e. The van der Waals surface area contributed by atoms with Crippen LogP contribution in [0.25, 0.3) is 4.96 Å². The fourth-order valence-electron chi connectivity index (χ4n) is 2.18. The molecule has 1 amide bonds. The van der Waals surface area contributed by atoms with E-state index in [2.05, 4.69) is 10.5 Å². The van der Waals surface area contributed by atoms with E-state index in [0.29, 0.717) is 18.2 Å². The van der Waals surface area contributed by atoms with E-state index < -0.39 is 5.91 Å². The monoisotopic (exact) mass is 309 g/mol. The van der Waals surface area contributed by atoms with Gasteiger partial charge in [-0.3, -0.25) is 18.8 Å². The summed E-state index contributed by atoms with van der Waals surface area (Å²) in [6.45, 7) is 3.53. The lowest BCUT2D eigenvalue weighted by molar-refractivity contribution is 0.0144. The molecule has 8 heteroatoms. The van der Waals surface area contributed by atoms with Crippen molar-refractivity contribution in [3.63, 3.8) is 0 Å². The highest BCUT2D eigenvalue weighted by Crippen LogP contribution is 2.12. The Kier molecular flexibility index (Phi) is 4.00. The number of thiazole rings is 1. The van der Waals surface area contributed by atoms with Gasteiger partial charge in [-0.1, -0.05) is 0 Å². The van der Waals surface area contributed by atoms with Crippen molar-refractivity contribution in [1.29, 1.82) is 0 Å². The average molecular weight is 309 g/mol. The molecule has 1 aliphatic heterocycles. The molecule has 0 spiro atoms. The van der Waals surface area contributed by atoms with Crippen LogP contribution >= 0.6 is 11.3 Å². The van der Waals surface area contributed by atoms with Crippen molar-refractivity contribution in [2.75, 3.05) is 19.8 Å². The number of hydrogen-bond acceptors (Lipinski definition) is 6. The Morgan fingerprint density at radius 2 is 2.52 bits per heavy atom. The number of amides is 1.